The van der Waals surface area contributed by atoms with E-state index in [4.69, 9.17) is 22.9 Å². The maximum Gasteiger partial charge on any atom is 0.251 e. The largest absolute Gasteiger partial charge is 0.507 e. The summed E-state index contributed by atoms with van der Waals surface area (Å²) in [5.74, 6) is -0.858. The third kappa shape index (κ3) is 11.6. The molecule has 39 heavy (non-hydrogen) atoms. The number of guanidine groups is 1. The van der Waals surface area contributed by atoms with E-state index in [0.29, 0.717) is 55.3 Å². The molecule has 0 fully saturated rings. The summed E-state index contributed by atoms with van der Waals surface area (Å²) in [6, 6.07) is 1.61. The van der Waals surface area contributed by atoms with Crippen LogP contribution in [-0.2, 0) is 20.4 Å². The SMILES string of the molecule is CC(C)(C)c1cc(C(=O)NC(CCCNC(N)N)C(=O)NC(C=O)CCCN=C(N)N)cc(C(C)(C)C)c1O. The van der Waals surface area contributed by atoms with Crippen molar-refractivity contribution >= 4 is 24.1 Å². The third-order valence-electron chi connectivity index (χ3n) is 6.12. The van der Waals surface area contributed by atoms with Crippen LogP contribution in [0.1, 0.15) is 88.7 Å². The summed E-state index contributed by atoms with van der Waals surface area (Å²) in [5, 5.41) is 19.4. The summed E-state index contributed by atoms with van der Waals surface area (Å²) in [6.45, 7) is 12.5. The Balaban J connectivity index is 3.21. The molecular weight excluding hydrogens is 500 g/mol. The molecule has 12 heteroatoms. The van der Waals surface area contributed by atoms with Gasteiger partial charge in [-0.1, -0.05) is 41.5 Å². The fourth-order valence-corrected chi connectivity index (χ4v) is 3.97. The van der Waals surface area contributed by atoms with E-state index in [0.717, 1.165) is 0 Å². The van der Waals surface area contributed by atoms with E-state index in [2.05, 4.69) is 20.9 Å². The molecule has 0 bridgehead atoms. The van der Waals surface area contributed by atoms with Gasteiger partial charge >= 0.3 is 0 Å². The molecule has 12 nitrogen and oxygen atoms in total. The second-order valence-corrected chi connectivity index (χ2v) is 11.8. The van der Waals surface area contributed by atoms with Gasteiger partial charge in [0, 0.05) is 23.2 Å². The average molecular weight is 549 g/mol. The molecule has 2 unspecified atom stereocenters. The van der Waals surface area contributed by atoms with Crippen molar-refractivity contribution in [2.45, 2.75) is 96.4 Å². The lowest BCUT2D eigenvalue weighted by Crippen LogP contribution is -2.50. The van der Waals surface area contributed by atoms with E-state index < -0.39 is 41.0 Å². The van der Waals surface area contributed by atoms with Crippen LogP contribution in [0.5, 0.6) is 5.75 Å². The minimum atomic E-state index is -0.932. The predicted octanol–water partition coefficient (Wildman–Crippen LogP) is 0.394. The molecular formula is C27H48N8O4. The van der Waals surface area contributed by atoms with E-state index in [1.807, 2.05) is 41.5 Å². The van der Waals surface area contributed by atoms with Gasteiger partial charge in [-0.05, 0) is 55.2 Å². The van der Waals surface area contributed by atoms with Crippen LogP contribution in [0.4, 0.5) is 0 Å². The number of aliphatic imine (C=N–C) groups is 1. The normalized spacial score (nSPS) is 13.5. The minimum Gasteiger partial charge on any atom is -0.507 e. The number of phenols is 1. The van der Waals surface area contributed by atoms with E-state index in [9.17, 15) is 19.5 Å². The molecule has 0 aliphatic heterocycles. The van der Waals surface area contributed by atoms with E-state index in [1.54, 1.807) is 12.1 Å². The van der Waals surface area contributed by atoms with E-state index in [1.165, 1.54) is 0 Å². The average Bonchev–Trinajstić information content (AvgIpc) is 2.80. The summed E-state index contributed by atoms with van der Waals surface area (Å²) in [7, 11) is 0. The maximum absolute atomic E-state index is 13.5. The molecule has 2 amide bonds. The van der Waals surface area contributed by atoms with Crippen LogP contribution >= 0.6 is 0 Å². The number of nitrogens with two attached hydrogens (primary N) is 4. The Morgan fingerprint density at radius 3 is 2.00 bits per heavy atom. The third-order valence-corrected chi connectivity index (χ3v) is 6.12. The van der Waals surface area contributed by atoms with Gasteiger partial charge in [-0.15, -0.1) is 0 Å². The summed E-state index contributed by atoms with van der Waals surface area (Å²) in [5.41, 5.74) is 22.4. The minimum absolute atomic E-state index is 0.0475. The fraction of sp³-hybridized carbons (Fsp3) is 0.630. The van der Waals surface area contributed by atoms with Crippen LogP contribution in [0.2, 0.25) is 0 Å². The molecule has 0 spiro atoms. The number of amides is 2. The zero-order chi connectivity index (χ0) is 30.0. The van der Waals surface area contributed by atoms with Gasteiger partial charge in [-0.25, -0.2) is 0 Å². The summed E-state index contributed by atoms with van der Waals surface area (Å²) in [6.07, 6.45) is 1.50. The lowest BCUT2D eigenvalue weighted by atomic mass is 9.78. The van der Waals surface area contributed by atoms with Gasteiger partial charge in [-0.2, -0.15) is 0 Å². The number of aromatic hydroxyl groups is 1. The number of nitrogens with one attached hydrogen (secondary N) is 3. The quantitative estimate of drug-likeness (QED) is 0.0528. The van der Waals surface area contributed by atoms with Gasteiger partial charge in [0.1, 0.15) is 24.4 Å². The lowest BCUT2D eigenvalue weighted by Gasteiger charge is -2.28. The van der Waals surface area contributed by atoms with Crippen LogP contribution in [-0.4, -0.2) is 60.6 Å². The van der Waals surface area contributed by atoms with Crippen LogP contribution < -0.4 is 38.9 Å². The van der Waals surface area contributed by atoms with Gasteiger partial charge in [0.05, 0.1) is 6.04 Å². The van der Waals surface area contributed by atoms with Crippen LogP contribution in [0, 0.1) is 0 Å². The highest BCUT2D eigenvalue weighted by atomic mass is 16.3. The molecule has 1 aromatic carbocycles. The van der Waals surface area contributed by atoms with Gasteiger partial charge in [0.25, 0.3) is 5.91 Å². The van der Waals surface area contributed by atoms with Crippen molar-refractivity contribution in [3.8, 4) is 5.75 Å². The Labute approximate surface area is 231 Å². The highest BCUT2D eigenvalue weighted by Gasteiger charge is 2.29. The van der Waals surface area contributed by atoms with E-state index in [-0.39, 0.29) is 18.1 Å². The Hall–Kier alpha value is -3.22. The lowest BCUT2D eigenvalue weighted by molar-refractivity contribution is -0.125. The van der Waals surface area contributed by atoms with Crippen molar-refractivity contribution in [3.05, 3.63) is 28.8 Å². The summed E-state index contributed by atoms with van der Waals surface area (Å²) in [4.78, 5) is 42.2. The van der Waals surface area contributed by atoms with Crippen molar-refractivity contribution in [3.63, 3.8) is 0 Å². The zero-order valence-corrected chi connectivity index (χ0v) is 24.1. The summed E-state index contributed by atoms with van der Waals surface area (Å²) < 4.78 is 0. The number of aldehydes is 1. The first-order chi connectivity index (χ1) is 18.0. The molecule has 220 valence electrons. The van der Waals surface area contributed by atoms with Gasteiger partial charge in [0.2, 0.25) is 5.91 Å². The fourth-order valence-electron chi connectivity index (χ4n) is 3.97. The maximum atomic E-state index is 13.5. The molecule has 0 aliphatic carbocycles. The smallest absolute Gasteiger partial charge is 0.251 e. The van der Waals surface area contributed by atoms with Crippen molar-refractivity contribution in [1.82, 2.24) is 16.0 Å². The second kappa shape index (κ2) is 14.8. The van der Waals surface area contributed by atoms with Crippen LogP contribution in [0.15, 0.2) is 17.1 Å². The van der Waals surface area contributed by atoms with E-state index >= 15 is 0 Å². The van der Waals surface area contributed by atoms with Crippen molar-refractivity contribution in [2.24, 2.45) is 27.9 Å². The Morgan fingerprint density at radius 2 is 1.54 bits per heavy atom. The van der Waals surface area contributed by atoms with Crippen molar-refractivity contribution in [1.29, 1.82) is 0 Å². The first-order valence-electron chi connectivity index (χ1n) is 13.2. The molecule has 2 atom stereocenters. The molecule has 12 N–H and O–H groups in total. The number of nitrogens with zero attached hydrogens (tertiary/aromatic N) is 1. The number of carbonyl (C=O) groups excluding carboxylic acids is 3. The topological polar surface area (TPSA) is 224 Å². The predicted molar refractivity (Wildman–Crippen MR) is 154 cm³/mol. The van der Waals surface area contributed by atoms with Crippen LogP contribution in [0.25, 0.3) is 0 Å². The first kappa shape index (κ1) is 33.8. The Kier molecular flexibility index (Phi) is 12.8. The number of rotatable bonds is 14. The van der Waals surface area contributed by atoms with Gasteiger partial charge in [-0.3, -0.25) is 19.9 Å². The molecule has 1 aromatic rings. The second-order valence-electron chi connectivity index (χ2n) is 11.8. The molecule has 0 radical (unpaired) electrons. The number of benzene rings is 1. The Bertz CT molecular complexity index is 973. The highest BCUT2D eigenvalue weighted by Crippen LogP contribution is 2.39. The zero-order valence-electron chi connectivity index (χ0n) is 24.1. The van der Waals surface area contributed by atoms with Gasteiger partial charge < -0.3 is 43.5 Å². The first-order valence-corrected chi connectivity index (χ1v) is 13.2. The van der Waals surface area contributed by atoms with Crippen molar-refractivity contribution in [2.75, 3.05) is 13.1 Å². The number of hydrogen-bond donors (Lipinski definition) is 8. The molecule has 0 aliphatic rings. The number of carbonyl (C=O) groups is 3. The van der Waals surface area contributed by atoms with Crippen LogP contribution in [0.3, 0.4) is 0 Å². The number of phenolic OH excluding ortho intramolecular Hbond substituents is 1. The van der Waals surface area contributed by atoms with Crippen molar-refractivity contribution < 1.29 is 19.5 Å². The summed E-state index contributed by atoms with van der Waals surface area (Å²) >= 11 is 0. The van der Waals surface area contributed by atoms with Gasteiger partial charge in [0.15, 0.2) is 5.96 Å². The molecule has 0 saturated heterocycles. The molecule has 0 aromatic heterocycles. The monoisotopic (exact) mass is 548 g/mol. The molecule has 1 rings (SSSR count). The molecule has 0 saturated carbocycles. The Morgan fingerprint density at radius 1 is 0.974 bits per heavy atom. The molecule has 0 heterocycles. The highest BCUT2D eigenvalue weighted by molar-refractivity contribution is 5.98. The standard InChI is InChI=1S/C27H48N8O4/c1-26(2,3)18-13-16(14-19(21(18)37)27(4,5)6)22(38)35-20(10-8-12-33-25(30)31)23(39)34-17(15-36)9-7-11-32-24(28)29/h13-15,17,20,25,33,37H,7-12,30-31H2,1-6H3,(H,34,39)(H,35,38)(H4,28,29,32). The number of hydrogen-bond acceptors (Lipinski definition) is 8.